The molecule has 0 aliphatic carbocycles. The van der Waals surface area contributed by atoms with Crippen LogP contribution in [0.5, 0.6) is 11.5 Å². The van der Waals surface area contributed by atoms with Gasteiger partial charge in [0.2, 0.25) is 0 Å². The molecule has 4 nitrogen and oxygen atoms in total. The van der Waals surface area contributed by atoms with Gasteiger partial charge in [-0.2, -0.15) is 0 Å². The van der Waals surface area contributed by atoms with Crippen molar-refractivity contribution in [2.75, 3.05) is 13.9 Å². The number of ether oxygens (including phenoxy) is 3. The second kappa shape index (κ2) is 4.82. The number of carbonyl (C=O) groups excluding carboxylic acids is 1. The summed E-state index contributed by atoms with van der Waals surface area (Å²) in [7, 11) is 1.53. The molecule has 0 spiro atoms. The summed E-state index contributed by atoms with van der Waals surface area (Å²) in [5, 5.41) is 0. The highest BCUT2D eigenvalue weighted by molar-refractivity contribution is 5.84. The molecule has 0 fully saturated rings. The second-order valence-electron chi connectivity index (χ2n) is 4.60. The first-order chi connectivity index (χ1) is 8.57. The number of aldehydes is 1. The van der Waals surface area contributed by atoms with Gasteiger partial charge in [-0.25, -0.2) is 0 Å². The Morgan fingerprint density at radius 2 is 2.17 bits per heavy atom. The van der Waals surface area contributed by atoms with Gasteiger partial charge in [-0.05, 0) is 38.1 Å². The van der Waals surface area contributed by atoms with Gasteiger partial charge in [0, 0.05) is 7.11 Å². The zero-order valence-corrected chi connectivity index (χ0v) is 10.7. The van der Waals surface area contributed by atoms with E-state index in [-0.39, 0.29) is 12.4 Å². The molecule has 1 aromatic rings. The summed E-state index contributed by atoms with van der Waals surface area (Å²) in [5.41, 5.74) is 0.906. The maximum atomic E-state index is 11.0. The lowest BCUT2D eigenvalue weighted by Crippen LogP contribution is -2.27. The van der Waals surface area contributed by atoms with E-state index in [1.165, 1.54) is 7.11 Å². The second-order valence-corrected chi connectivity index (χ2v) is 4.60. The molecule has 0 aromatic heterocycles. The van der Waals surface area contributed by atoms with Crippen molar-refractivity contribution in [2.45, 2.75) is 19.4 Å². The largest absolute Gasteiger partial charge is 0.483 e. The lowest BCUT2D eigenvalue weighted by Gasteiger charge is -2.29. The van der Waals surface area contributed by atoms with Crippen LogP contribution in [0.2, 0.25) is 0 Å². The quantitative estimate of drug-likeness (QED) is 0.607. The van der Waals surface area contributed by atoms with Gasteiger partial charge < -0.3 is 14.2 Å². The first kappa shape index (κ1) is 12.6. The van der Waals surface area contributed by atoms with Crippen LogP contribution in [0.3, 0.4) is 0 Å². The summed E-state index contributed by atoms with van der Waals surface area (Å²) in [4.78, 5) is 11.0. The monoisotopic (exact) mass is 248 g/mol. The number of hydrogen-bond donors (Lipinski definition) is 0. The normalized spacial score (nSPS) is 15.7. The predicted molar refractivity (Wildman–Crippen MR) is 68.1 cm³/mol. The number of benzene rings is 1. The molecule has 18 heavy (non-hydrogen) atoms. The van der Waals surface area contributed by atoms with Gasteiger partial charge in [-0.15, -0.1) is 0 Å². The Bertz CT molecular complexity index is 489. The molecule has 96 valence electrons. The Kier molecular flexibility index (Phi) is 3.39. The minimum absolute atomic E-state index is 0.0918. The molecular formula is C14H16O4. The maximum Gasteiger partial charge on any atom is 0.188 e. The van der Waals surface area contributed by atoms with Gasteiger partial charge in [-0.3, -0.25) is 4.79 Å². The minimum Gasteiger partial charge on any atom is -0.483 e. The van der Waals surface area contributed by atoms with Crippen molar-refractivity contribution < 1.29 is 19.0 Å². The van der Waals surface area contributed by atoms with Crippen LogP contribution in [0.1, 0.15) is 29.8 Å². The number of hydrogen-bond acceptors (Lipinski definition) is 4. The molecule has 0 amide bonds. The molecule has 1 aromatic carbocycles. The van der Waals surface area contributed by atoms with Crippen molar-refractivity contribution in [3.63, 3.8) is 0 Å². The molecule has 1 aliphatic rings. The van der Waals surface area contributed by atoms with Gasteiger partial charge in [0.25, 0.3) is 0 Å². The highest BCUT2D eigenvalue weighted by Crippen LogP contribution is 2.38. The minimum atomic E-state index is -0.353. The number of methoxy groups -OCH3 is 1. The average Bonchev–Trinajstić information content (AvgIpc) is 2.34. The fourth-order valence-corrected chi connectivity index (χ4v) is 1.82. The Morgan fingerprint density at radius 1 is 1.39 bits per heavy atom. The summed E-state index contributed by atoms with van der Waals surface area (Å²) in [6.07, 6.45) is 4.61. The Hall–Kier alpha value is -1.81. The van der Waals surface area contributed by atoms with Crippen LogP contribution < -0.4 is 9.47 Å². The standard InChI is InChI=1S/C14H16O4/c1-14(2)7-6-11-12(18-14)5-4-10(8-15)13(11)17-9-16-3/h4-8H,9H2,1-3H3. The van der Waals surface area contributed by atoms with Gasteiger partial charge >= 0.3 is 0 Å². The van der Waals surface area contributed by atoms with Crippen LogP contribution >= 0.6 is 0 Å². The van der Waals surface area contributed by atoms with E-state index < -0.39 is 0 Å². The molecule has 1 aliphatic heterocycles. The van der Waals surface area contributed by atoms with E-state index in [0.717, 1.165) is 11.8 Å². The fraction of sp³-hybridized carbons (Fsp3) is 0.357. The van der Waals surface area contributed by atoms with E-state index in [1.807, 2.05) is 26.0 Å². The molecular weight excluding hydrogens is 232 g/mol. The van der Waals surface area contributed by atoms with E-state index in [1.54, 1.807) is 12.1 Å². The zero-order valence-electron chi connectivity index (χ0n) is 10.7. The van der Waals surface area contributed by atoms with Gasteiger partial charge in [0.15, 0.2) is 13.1 Å². The SMILES string of the molecule is COCOc1c(C=O)ccc2c1C=CC(C)(C)O2. The Labute approximate surface area is 106 Å². The molecule has 2 rings (SSSR count). The number of carbonyl (C=O) groups is 1. The predicted octanol–water partition coefficient (Wildman–Crippen LogP) is 2.67. The highest BCUT2D eigenvalue weighted by Gasteiger charge is 2.25. The van der Waals surface area contributed by atoms with Crippen molar-refractivity contribution >= 4 is 12.4 Å². The molecule has 0 saturated carbocycles. The summed E-state index contributed by atoms with van der Waals surface area (Å²) in [5.74, 6) is 1.20. The third-order valence-corrected chi connectivity index (χ3v) is 2.66. The van der Waals surface area contributed by atoms with Gasteiger partial charge in [-0.1, -0.05) is 0 Å². The van der Waals surface area contributed by atoms with Crippen molar-refractivity contribution in [1.29, 1.82) is 0 Å². The van der Waals surface area contributed by atoms with E-state index in [2.05, 4.69) is 0 Å². The average molecular weight is 248 g/mol. The Morgan fingerprint density at radius 3 is 2.83 bits per heavy atom. The fourth-order valence-electron chi connectivity index (χ4n) is 1.82. The Balaban J connectivity index is 2.46. The number of rotatable bonds is 4. The number of fused-ring (bicyclic) bond motifs is 1. The highest BCUT2D eigenvalue weighted by atomic mass is 16.7. The van der Waals surface area contributed by atoms with Crippen LogP contribution in [-0.2, 0) is 4.74 Å². The third-order valence-electron chi connectivity index (χ3n) is 2.66. The van der Waals surface area contributed by atoms with Gasteiger partial charge in [0.05, 0.1) is 11.1 Å². The maximum absolute atomic E-state index is 11.0. The summed E-state index contributed by atoms with van der Waals surface area (Å²) >= 11 is 0. The molecule has 4 heteroatoms. The lowest BCUT2D eigenvalue weighted by molar-refractivity contribution is 0.0498. The van der Waals surface area contributed by atoms with E-state index in [4.69, 9.17) is 14.2 Å². The van der Waals surface area contributed by atoms with Crippen LogP contribution in [0.4, 0.5) is 0 Å². The topological polar surface area (TPSA) is 44.8 Å². The molecule has 0 atom stereocenters. The smallest absolute Gasteiger partial charge is 0.188 e. The summed E-state index contributed by atoms with van der Waals surface area (Å²) in [6, 6.07) is 3.47. The van der Waals surface area contributed by atoms with Crippen LogP contribution in [0.25, 0.3) is 6.08 Å². The zero-order chi connectivity index (χ0) is 13.2. The van der Waals surface area contributed by atoms with Crippen molar-refractivity contribution in [3.05, 3.63) is 29.3 Å². The van der Waals surface area contributed by atoms with E-state index in [9.17, 15) is 4.79 Å². The first-order valence-corrected chi connectivity index (χ1v) is 5.69. The van der Waals surface area contributed by atoms with Crippen molar-refractivity contribution in [2.24, 2.45) is 0 Å². The van der Waals surface area contributed by atoms with Crippen LogP contribution in [-0.4, -0.2) is 25.8 Å². The molecule has 0 N–H and O–H groups in total. The van der Waals surface area contributed by atoms with E-state index >= 15 is 0 Å². The third kappa shape index (κ3) is 2.38. The molecule has 0 radical (unpaired) electrons. The van der Waals surface area contributed by atoms with Crippen molar-refractivity contribution in [3.8, 4) is 11.5 Å². The van der Waals surface area contributed by atoms with Crippen LogP contribution in [0.15, 0.2) is 18.2 Å². The molecule has 1 heterocycles. The van der Waals surface area contributed by atoms with Crippen LogP contribution in [0, 0.1) is 0 Å². The lowest BCUT2D eigenvalue weighted by atomic mass is 10.00. The molecule has 0 bridgehead atoms. The summed E-state index contributed by atoms with van der Waals surface area (Å²) < 4.78 is 16.1. The first-order valence-electron chi connectivity index (χ1n) is 5.69. The van der Waals surface area contributed by atoms with Gasteiger partial charge in [0.1, 0.15) is 17.1 Å². The van der Waals surface area contributed by atoms with Crippen molar-refractivity contribution in [1.82, 2.24) is 0 Å². The molecule has 0 saturated heterocycles. The molecule has 0 unspecified atom stereocenters. The summed E-state index contributed by atoms with van der Waals surface area (Å²) in [6.45, 7) is 4.03. The van der Waals surface area contributed by atoms with E-state index in [0.29, 0.717) is 17.1 Å².